The summed E-state index contributed by atoms with van der Waals surface area (Å²) in [6.07, 6.45) is 10.2. The molecule has 0 radical (unpaired) electrons. The third kappa shape index (κ3) is 7.36. The Morgan fingerprint density at radius 1 is 0.949 bits per heavy atom. The van der Waals surface area contributed by atoms with Crippen LogP contribution in [0.25, 0.3) is 5.69 Å². The van der Waals surface area contributed by atoms with Crippen molar-refractivity contribution in [2.45, 2.75) is 158 Å². The van der Waals surface area contributed by atoms with Gasteiger partial charge in [0.25, 0.3) is 5.56 Å². The fourth-order valence-electron chi connectivity index (χ4n) is 13.9. The number of aldehydes is 2. The van der Waals surface area contributed by atoms with Crippen molar-refractivity contribution < 1.29 is 19.1 Å². The first-order valence-electron chi connectivity index (χ1n) is 22.5. The van der Waals surface area contributed by atoms with Gasteiger partial charge in [-0.25, -0.2) is 4.68 Å². The average molecular weight is 833 g/mol. The summed E-state index contributed by atoms with van der Waals surface area (Å²) in [7, 11) is 4.13. The van der Waals surface area contributed by atoms with Crippen LogP contribution in [-0.4, -0.2) is 59.5 Å². The number of rotatable bonds is 12. The standard InChI is InChI=1S/C50H74ClN3O5/c1-32(2)33(3)42-37-18-19-39-47(9)22-21-40(59-41(57)30-45(5,6)31-56)46(7,8)38(47)20-23-49(39,11)48(37,10)24-25-50(42,26-29-55)43-34(4)44(58)54(53(43)28-27-52(12)13)36-16-14-35(51)15-17-36/h14-17,29,31-32,37-40H,18-28,30H2,1-13H3/b42-33+/t37?,38?,39?,40?,47?,48-,49?,50?/m1/s1. The number of carbonyl (C=O) groups excluding carboxylic acids is 3. The van der Waals surface area contributed by atoms with Crippen LogP contribution in [0.2, 0.25) is 5.02 Å². The fourth-order valence-corrected chi connectivity index (χ4v) is 14.0. The maximum Gasteiger partial charge on any atom is 0.307 e. The lowest BCUT2D eigenvalue weighted by molar-refractivity contribution is -0.232. The van der Waals surface area contributed by atoms with E-state index in [1.165, 1.54) is 11.1 Å². The van der Waals surface area contributed by atoms with Gasteiger partial charge in [-0.05, 0) is 143 Å². The second-order valence-corrected chi connectivity index (χ2v) is 22.4. The summed E-state index contributed by atoms with van der Waals surface area (Å²) in [5, 5.41) is 0.620. The Balaban J connectivity index is 1.45. The molecule has 0 amide bonds. The van der Waals surface area contributed by atoms with Gasteiger partial charge in [0.05, 0.1) is 24.3 Å². The molecule has 0 spiro atoms. The van der Waals surface area contributed by atoms with Crippen LogP contribution in [0.4, 0.5) is 0 Å². The van der Waals surface area contributed by atoms with Crippen LogP contribution >= 0.6 is 11.6 Å². The van der Waals surface area contributed by atoms with Gasteiger partial charge in [-0.15, -0.1) is 0 Å². The van der Waals surface area contributed by atoms with Crippen LogP contribution in [0.15, 0.2) is 40.2 Å². The van der Waals surface area contributed by atoms with Crippen LogP contribution in [0.1, 0.15) is 145 Å². The molecule has 0 saturated heterocycles. The highest BCUT2D eigenvalue weighted by atomic mass is 35.5. The van der Waals surface area contributed by atoms with Crippen molar-refractivity contribution in [2.75, 3.05) is 20.6 Å². The van der Waals surface area contributed by atoms with E-state index in [0.717, 1.165) is 87.4 Å². The Morgan fingerprint density at radius 3 is 2.20 bits per heavy atom. The van der Waals surface area contributed by atoms with Crippen LogP contribution in [0.5, 0.6) is 0 Å². The molecule has 9 heteroatoms. The fraction of sp³-hybridized carbons (Fsp3) is 0.720. The van der Waals surface area contributed by atoms with Crippen molar-refractivity contribution in [3.8, 4) is 5.69 Å². The molecular formula is C50H74ClN3O5. The van der Waals surface area contributed by atoms with Crippen molar-refractivity contribution in [1.29, 1.82) is 0 Å². The minimum atomic E-state index is -0.737. The average Bonchev–Trinajstić information content (AvgIpc) is 3.41. The van der Waals surface area contributed by atoms with Crippen LogP contribution in [-0.2, 0) is 31.1 Å². The number of nitrogens with zero attached hydrogens (tertiary/aromatic N) is 3. The van der Waals surface area contributed by atoms with E-state index in [-0.39, 0.29) is 57.5 Å². The SMILES string of the molecule is C/C(=C1/C2CCC3C4(C)CCC(OC(=O)CC(C)(C)C=O)C(C)(C)C4CCC3(C)[C@]2(C)CCC1(CC=O)c1c(C)c(=O)n(-c2ccc(Cl)cc2)n1CCN(C)C)C(C)C. The monoisotopic (exact) mass is 832 g/mol. The summed E-state index contributed by atoms with van der Waals surface area (Å²) < 4.78 is 10.3. The topological polar surface area (TPSA) is 90.6 Å². The number of esters is 1. The molecule has 1 aromatic heterocycles. The second-order valence-electron chi connectivity index (χ2n) is 21.9. The molecule has 8 atom stereocenters. The summed E-state index contributed by atoms with van der Waals surface area (Å²) in [6.45, 7) is 26.2. The molecule has 7 unspecified atom stereocenters. The molecule has 4 aliphatic carbocycles. The molecule has 59 heavy (non-hydrogen) atoms. The zero-order valence-corrected chi connectivity index (χ0v) is 39.4. The maximum atomic E-state index is 14.7. The summed E-state index contributed by atoms with van der Waals surface area (Å²) in [5.74, 6) is 1.13. The van der Waals surface area contributed by atoms with E-state index in [9.17, 15) is 19.2 Å². The third-order valence-corrected chi connectivity index (χ3v) is 17.6. The van der Waals surface area contributed by atoms with Crippen molar-refractivity contribution in [3.63, 3.8) is 0 Å². The highest BCUT2D eigenvalue weighted by molar-refractivity contribution is 6.30. The van der Waals surface area contributed by atoms with Gasteiger partial charge in [-0.1, -0.05) is 85.1 Å². The summed E-state index contributed by atoms with van der Waals surface area (Å²) >= 11 is 6.36. The maximum absolute atomic E-state index is 14.7. The lowest BCUT2D eigenvalue weighted by Crippen LogP contribution is -2.66. The summed E-state index contributed by atoms with van der Waals surface area (Å²) in [6, 6.07) is 7.53. The lowest BCUT2D eigenvalue weighted by atomic mass is 9.32. The van der Waals surface area contributed by atoms with Gasteiger partial charge >= 0.3 is 5.97 Å². The minimum absolute atomic E-state index is 0.0307. The first-order chi connectivity index (χ1) is 27.5. The van der Waals surface area contributed by atoms with Gasteiger partial charge in [-0.3, -0.25) is 14.3 Å². The molecule has 8 nitrogen and oxygen atoms in total. The highest BCUT2D eigenvalue weighted by Crippen LogP contribution is 2.76. The van der Waals surface area contributed by atoms with E-state index in [2.05, 4.69) is 79.1 Å². The van der Waals surface area contributed by atoms with Gasteiger partial charge in [0.1, 0.15) is 18.7 Å². The Hall–Kier alpha value is -2.97. The predicted molar refractivity (Wildman–Crippen MR) is 238 cm³/mol. The lowest BCUT2D eigenvalue weighted by Gasteiger charge is -2.72. The second kappa shape index (κ2) is 16.1. The number of likely N-dealkylation sites (N-methyl/N-ethyl adjacent to an activating group) is 1. The van der Waals surface area contributed by atoms with E-state index >= 15 is 0 Å². The molecule has 0 N–H and O–H groups in total. The van der Waals surface area contributed by atoms with E-state index < -0.39 is 10.8 Å². The van der Waals surface area contributed by atoms with Gasteiger partial charge < -0.3 is 19.2 Å². The Labute approximate surface area is 359 Å². The van der Waals surface area contributed by atoms with Crippen LogP contribution < -0.4 is 5.56 Å². The largest absolute Gasteiger partial charge is 0.462 e. The number of ether oxygens (including phenoxy) is 1. The molecule has 0 bridgehead atoms. The number of aromatic nitrogens is 2. The van der Waals surface area contributed by atoms with Crippen molar-refractivity contribution in [3.05, 3.63) is 62.0 Å². The number of halogens is 1. The smallest absolute Gasteiger partial charge is 0.307 e. The molecule has 4 fully saturated rings. The molecule has 0 aliphatic heterocycles. The number of fused-ring (bicyclic) bond motifs is 5. The predicted octanol–water partition coefficient (Wildman–Crippen LogP) is 10.6. The molecule has 1 heterocycles. The van der Waals surface area contributed by atoms with E-state index in [4.69, 9.17) is 16.3 Å². The zero-order valence-electron chi connectivity index (χ0n) is 38.6. The normalized spacial score (nSPS) is 33.8. The number of carbonyl (C=O) groups is 3. The number of benzene rings is 1. The number of hydrogen-bond donors (Lipinski definition) is 0. The molecule has 2 aromatic rings. The highest BCUT2D eigenvalue weighted by Gasteiger charge is 2.69. The first kappa shape index (κ1) is 45.6. The van der Waals surface area contributed by atoms with E-state index in [1.807, 2.05) is 35.9 Å². The van der Waals surface area contributed by atoms with Gasteiger partial charge in [-0.2, -0.15) is 0 Å². The number of allylic oxidation sites excluding steroid dienone is 2. The molecule has 4 aliphatic rings. The zero-order chi connectivity index (χ0) is 43.7. The van der Waals surface area contributed by atoms with Crippen molar-refractivity contribution in [1.82, 2.24) is 14.3 Å². The summed E-state index contributed by atoms with van der Waals surface area (Å²) in [5.41, 5.74) is 3.73. The molecule has 1 aromatic carbocycles. The molecule has 4 saturated carbocycles. The van der Waals surface area contributed by atoms with Gasteiger partial charge in [0.2, 0.25) is 0 Å². The molecule has 6 rings (SSSR count). The van der Waals surface area contributed by atoms with E-state index in [1.54, 1.807) is 13.8 Å². The van der Waals surface area contributed by atoms with Gasteiger partial charge in [0, 0.05) is 39.8 Å². The first-order valence-corrected chi connectivity index (χ1v) is 22.9. The number of hydrogen-bond acceptors (Lipinski definition) is 6. The van der Waals surface area contributed by atoms with Gasteiger partial charge in [0.15, 0.2) is 0 Å². The third-order valence-electron chi connectivity index (χ3n) is 17.3. The Bertz CT molecular complexity index is 2020. The molecular weight excluding hydrogens is 758 g/mol. The van der Waals surface area contributed by atoms with Crippen LogP contribution in [0.3, 0.4) is 0 Å². The summed E-state index contributed by atoms with van der Waals surface area (Å²) in [4.78, 5) is 54.9. The van der Waals surface area contributed by atoms with Crippen molar-refractivity contribution in [2.24, 2.45) is 50.7 Å². The van der Waals surface area contributed by atoms with E-state index in [0.29, 0.717) is 29.8 Å². The Morgan fingerprint density at radius 2 is 1.61 bits per heavy atom. The quantitative estimate of drug-likeness (QED) is 0.120. The van der Waals surface area contributed by atoms with Crippen LogP contribution in [0, 0.1) is 57.7 Å². The minimum Gasteiger partial charge on any atom is -0.462 e. The molecule has 326 valence electrons. The van der Waals surface area contributed by atoms with Crippen molar-refractivity contribution >= 4 is 30.1 Å². The Kier molecular flexibility index (Phi) is 12.4.